The molecular weight excluding hydrogens is 250 g/mol. The fourth-order valence-corrected chi connectivity index (χ4v) is 3.14. The number of rotatable bonds is 5. The van der Waals surface area contributed by atoms with E-state index >= 15 is 0 Å². The summed E-state index contributed by atoms with van der Waals surface area (Å²) >= 11 is 1.67. The van der Waals surface area contributed by atoms with Gasteiger partial charge in [0, 0.05) is 19.7 Å². The molecule has 2 heterocycles. The molecule has 100 valence electrons. The zero-order valence-electron chi connectivity index (χ0n) is 10.6. The van der Waals surface area contributed by atoms with Gasteiger partial charge in [-0.3, -0.25) is 4.79 Å². The van der Waals surface area contributed by atoms with Crippen molar-refractivity contribution in [1.29, 1.82) is 0 Å². The van der Waals surface area contributed by atoms with Gasteiger partial charge in [0.15, 0.2) is 0 Å². The van der Waals surface area contributed by atoms with E-state index in [0.717, 1.165) is 13.0 Å². The molecular formula is C13H19NO3S. The summed E-state index contributed by atoms with van der Waals surface area (Å²) in [6.07, 6.45) is 1.54. The molecule has 0 aromatic carbocycles. The highest BCUT2D eigenvalue weighted by Crippen LogP contribution is 2.30. The molecule has 0 bridgehead atoms. The van der Waals surface area contributed by atoms with Gasteiger partial charge in [0.1, 0.15) is 5.41 Å². The van der Waals surface area contributed by atoms with Crippen LogP contribution in [-0.2, 0) is 16.1 Å². The van der Waals surface area contributed by atoms with Gasteiger partial charge < -0.3 is 14.7 Å². The molecule has 1 aliphatic rings. The number of nitrogens with zero attached hydrogens (tertiary/aromatic N) is 1. The van der Waals surface area contributed by atoms with E-state index in [-0.39, 0.29) is 0 Å². The van der Waals surface area contributed by atoms with Gasteiger partial charge in [-0.15, -0.1) is 0 Å². The Balaban J connectivity index is 1.98. The summed E-state index contributed by atoms with van der Waals surface area (Å²) in [5.74, 6) is -0.737. The van der Waals surface area contributed by atoms with Crippen molar-refractivity contribution in [2.24, 2.45) is 5.41 Å². The summed E-state index contributed by atoms with van der Waals surface area (Å²) in [5, 5.41) is 13.6. The second-order valence-corrected chi connectivity index (χ2v) is 5.83. The van der Waals surface area contributed by atoms with E-state index in [1.54, 1.807) is 11.3 Å². The molecule has 1 aromatic rings. The van der Waals surface area contributed by atoms with E-state index in [2.05, 4.69) is 16.3 Å². The van der Waals surface area contributed by atoms with Crippen LogP contribution in [0, 0.1) is 5.41 Å². The number of carboxylic acid groups (broad SMARTS) is 1. The maximum absolute atomic E-state index is 11.5. The lowest BCUT2D eigenvalue weighted by atomic mass is 9.82. The molecule has 0 saturated carbocycles. The molecule has 5 heteroatoms. The second kappa shape index (κ2) is 5.82. The van der Waals surface area contributed by atoms with Crippen molar-refractivity contribution in [3.05, 3.63) is 22.4 Å². The molecule has 0 aliphatic carbocycles. The van der Waals surface area contributed by atoms with Gasteiger partial charge >= 0.3 is 5.97 Å². The minimum atomic E-state index is -0.737. The molecule has 1 atom stereocenters. The number of carboxylic acids is 1. The van der Waals surface area contributed by atoms with E-state index in [0.29, 0.717) is 26.2 Å². The minimum absolute atomic E-state index is 0.330. The quantitative estimate of drug-likeness (QED) is 0.889. The zero-order chi connectivity index (χ0) is 13.0. The first kappa shape index (κ1) is 13.5. The summed E-state index contributed by atoms with van der Waals surface area (Å²) < 4.78 is 5.38. The first-order valence-corrected chi connectivity index (χ1v) is 7.07. The third kappa shape index (κ3) is 3.10. The third-order valence-corrected chi connectivity index (χ3v) is 4.11. The smallest absolute Gasteiger partial charge is 0.313 e. The van der Waals surface area contributed by atoms with E-state index < -0.39 is 11.4 Å². The highest BCUT2D eigenvalue weighted by molar-refractivity contribution is 7.07. The molecule has 1 fully saturated rings. The van der Waals surface area contributed by atoms with Crippen LogP contribution in [0.4, 0.5) is 0 Å². The molecule has 0 spiro atoms. The van der Waals surface area contributed by atoms with Crippen LogP contribution < -0.4 is 0 Å². The monoisotopic (exact) mass is 269 g/mol. The molecule has 1 aliphatic heterocycles. The van der Waals surface area contributed by atoms with Gasteiger partial charge in [-0.2, -0.15) is 11.3 Å². The van der Waals surface area contributed by atoms with Crippen LogP contribution in [0.2, 0.25) is 0 Å². The highest BCUT2D eigenvalue weighted by atomic mass is 32.1. The van der Waals surface area contributed by atoms with Crippen molar-refractivity contribution in [2.45, 2.75) is 19.4 Å². The Morgan fingerprint density at radius 2 is 2.50 bits per heavy atom. The molecule has 1 N–H and O–H groups in total. The Hall–Kier alpha value is -0.910. The summed E-state index contributed by atoms with van der Waals surface area (Å²) in [6, 6.07) is 2.08. The van der Waals surface area contributed by atoms with Crippen LogP contribution in [-0.4, -0.2) is 42.8 Å². The predicted molar refractivity (Wildman–Crippen MR) is 70.8 cm³/mol. The normalized spacial score (nSPS) is 24.3. The van der Waals surface area contributed by atoms with Crippen LogP contribution in [0.3, 0.4) is 0 Å². The molecule has 1 unspecified atom stereocenters. The average Bonchev–Trinajstić information content (AvgIpc) is 2.82. The van der Waals surface area contributed by atoms with Crippen molar-refractivity contribution >= 4 is 17.3 Å². The number of ether oxygens (including phenoxy) is 1. The summed E-state index contributed by atoms with van der Waals surface area (Å²) in [7, 11) is 1.97. The van der Waals surface area contributed by atoms with Gasteiger partial charge in [-0.25, -0.2) is 0 Å². The lowest BCUT2D eigenvalue weighted by Gasteiger charge is -2.36. The van der Waals surface area contributed by atoms with Crippen LogP contribution in [0.5, 0.6) is 0 Å². The van der Waals surface area contributed by atoms with Crippen molar-refractivity contribution in [2.75, 3.05) is 26.8 Å². The minimum Gasteiger partial charge on any atom is -0.481 e. The van der Waals surface area contributed by atoms with E-state index in [4.69, 9.17) is 4.74 Å². The highest BCUT2D eigenvalue weighted by Gasteiger charge is 2.41. The van der Waals surface area contributed by atoms with Gasteiger partial charge in [0.2, 0.25) is 0 Å². The fourth-order valence-electron chi connectivity index (χ4n) is 2.48. The summed E-state index contributed by atoms with van der Waals surface area (Å²) in [5.41, 5.74) is 0.503. The van der Waals surface area contributed by atoms with Crippen LogP contribution in [0.15, 0.2) is 16.8 Å². The lowest BCUT2D eigenvalue weighted by Crippen LogP contribution is -2.47. The lowest BCUT2D eigenvalue weighted by molar-refractivity contribution is -0.159. The standard InChI is InChI=1S/C13H19NO3S/c1-14(7-11-3-6-18-8-11)9-13(12(15)16)4-2-5-17-10-13/h3,6,8H,2,4-5,7,9-10H2,1H3,(H,15,16). The molecule has 18 heavy (non-hydrogen) atoms. The maximum atomic E-state index is 11.5. The van der Waals surface area contributed by atoms with Crippen molar-refractivity contribution in [1.82, 2.24) is 4.90 Å². The fraction of sp³-hybridized carbons (Fsp3) is 0.615. The summed E-state index contributed by atoms with van der Waals surface area (Å²) in [6.45, 7) is 2.34. The van der Waals surface area contributed by atoms with Crippen molar-refractivity contribution in [3.8, 4) is 0 Å². The first-order chi connectivity index (χ1) is 8.62. The van der Waals surface area contributed by atoms with Crippen molar-refractivity contribution < 1.29 is 14.6 Å². The number of hydrogen-bond donors (Lipinski definition) is 1. The molecule has 2 rings (SSSR count). The number of carbonyl (C=O) groups is 1. The van der Waals surface area contributed by atoms with E-state index in [1.807, 2.05) is 12.4 Å². The Kier molecular flexibility index (Phi) is 4.37. The average molecular weight is 269 g/mol. The van der Waals surface area contributed by atoms with Gasteiger partial charge in [0.05, 0.1) is 6.61 Å². The Labute approximate surface area is 111 Å². The van der Waals surface area contributed by atoms with E-state index in [9.17, 15) is 9.90 Å². The maximum Gasteiger partial charge on any atom is 0.313 e. The van der Waals surface area contributed by atoms with Gasteiger partial charge in [-0.1, -0.05) is 0 Å². The number of aliphatic carboxylic acids is 1. The summed E-state index contributed by atoms with van der Waals surface area (Å²) in [4.78, 5) is 13.6. The van der Waals surface area contributed by atoms with Crippen LogP contribution >= 0.6 is 11.3 Å². The Morgan fingerprint density at radius 1 is 1.67 bits per heavy atom. The van der Waals surface area contributed by atoms with Crippen LogP contribution in [0.25, 0.3) is 0 Å². The number of hydrogen-bond acceptors (Lipinski definition) is 4. The Morgan fingerprint density at radius 3 is 3.06 bits per heavy atom. The largest absolute Gasteiger partial charge is 0.481 e. The molecule has 0 amide bonds. The Bertz CT molecular complexity index is 385. The second-order valence-electron chi connectivity index (χ2n) is 5.05. The van der Waals surface area contributed by atoms with Crippen LogP contribution in [0.1, 0.15) is 18.4 Å². The molecule has 1 saturated heterocycles. The van der Waals surface area contributed by atoms with Gasteiger partial charge in [-0.05, 0) is 42.3 Å². The predicted octanol–water partition coefficient (Wildman–Crippen LogP) is 2.06. The SMILES string of the molecule is CN(Cc1ccsc1)CC1(C(=O)O)CCCOC1. The van der Waals surface area contributed by atoms with Crippen molar-refractivity contribution in [3.63, 3.8) is 0 Å². The number of thiophene rings is 1. The molecule has 1 aromatic heterocycles. The van der Waals surface area contributed by atoms with E-state index in [1.165, 1.54) is 5.56 Å². The third-order valence-electron chi connectivity index (χ3n) is 3.38. The first-order valence-electron chi connectivity index (χ1n) is 6.13. The van der Waals surface area contributed by atoms with Gasteiger partial charge in [0.25, 0.3) is 0 Å². The molecule has 0 radical (unpaired) electrons. The molecule has 4 nitrogen and oxygen atoms in total. The zero-order valence-corrected chi connectivity index (χ0v) is 11.4. The topological polar surface area (TPSA) is 49.8 Å².